The van der Waals surface area contributed by atoms with E-state index in [0.29, 0.717) is 24.3 Å². The molecule has 5 nitrogen and oxygen atoms in total. The molecule has 6 heteroatoms. The predicted molar refractivity (Wildman–Crippen MR) is 122 cm³/mol. The Hall–Kier alpha value is -2.73. The van der Waals surface area contributed by atoms with Gasteiger partial charge in [0.05, 0.1) is 19.2 Å². The Morgan fingerprint density at radius 1 is 1.07 bits per heavy atom. The normalized spacial score (nSPS) is 11.4. The van der Waals surface area contributed by atoms with Crippen molar-refractivity contribution in [2.75, 3.05) is 12.0 Å². The van der Waals surface area contributed by atoms with Crippen molar-refractivity contribution in [2.45, 2.75) is 33.7 Å². The number of fused-ring (bicyclic) bond motifs is 1. The van der Waals surface area contributed by atoms with Gasteiger partial charge >= 0.3 is 5.97 Å². The second-order valence-corrected chi connectivity index (χ2v) is 9.32. The van der Waals surface area contributed by atoms with Crippen LogP contribution in [0, 0.1) is 5.41 Å². The predicted octanol–water partition coefficient (Wildman–Crippen LogP) is 5.75. The van der Waals surface area contributed by atoms with Crippen molar-refractivity contribution < 1.29 is 14.3 Å². The number of esters is 1. The van der Waals surface area contributed by atoms with Gasteiger partial charge in [-0.1, -0.05) is 48.8 Å². The second-order valence-electron chi connectivity index (χ2n) is 8.41. The summed E-state index contributed by atoms with van der Waals surface area (Å²) in [7, 11) is 1.36. The Labute approximate surface area is 185 Å². The Bertz CT molecular complexity index is 1070. The topological polar surface area (TPSA) is 59.5 Å². The van der Waals surface area contributed by atoms with Gasteiger partial charge in [0.1, 0.15) is 5.82 Å². The van der Waals surface area contributed by atoms with E-state index in [9.17, 15) is 9.59 Å². The van der Waals surface area contributed by atoms with Crippen LogP contribution in [-0.4, -0.2) is 24.0 Å². The van der Waals surface area contributed by atoms with Crippen molar-refractivity contribution in [1.29, 1.82) is 0 Å². The Kier molecular flexibility index (Phi) is 6.56. The summed E-state index contributed by atoms with van der Waals surface area (Å²) >= 11 is 3.45. The zero-order valence-corrected chi connectivity index (χ0v) is 19.2. The summed E-state index contributed by atoms with van der Waals surface area (Å²) in [4.78, 5) is 31.5. The first kappa shape index (κ1) is 22.0. The van der Waals surface area contributed by atoms with Crippen molar-refractivity contribution in [1.82, 2.24) is 4.98 Å². The zero-order valence-electron chi connectivity index (χ0n) is 17.6. The van der Waals surface area contributed by atoms with Gasteiger partial charge in [0.2, 0.25) is 5.91 Å². The number of hydrogen-bond donors (Lipinski definition) is 0. The molecule has 0 fully saturated rings. The number of ether oxygens (including phenoxy) is 1. The molecule has 30 heavy (non-hydrogen) atoms. The maximum absolute atomic E-state index is 13.3. The monoisotopic (exact) mass is 468 g/mol. The molecule has 0 aliphatic rings. The van der Waals surface area contributed by atoms with Crippen molar-refractivity contribution in [2.24, 2.45) is 5.41 Å². The average molecular weight is 469 g/mol. The lowest BCUT2D eigenvalue weighted by Crippen LogP contribution is -2.34. The van der Waals surface area contributed by atoms with Crippen LogP contribution in [-0.2, 0) is 16.1 Å². The molecular formula is C24H25BrN2O3. The molecule has 0 aliphatic carbocycles. The third kappa shape index (κ3) is 5.25. The molecule has 3 rings (SSSR count). The summed E-state index contributed by atoms with van der Waals surface area (Å²) in [6.07, 6.45) is 2.06. The summed E-state index contributed by atoms with van der Waals surface area (Å²) < 4.78 is 5.81. The smallest absolute Gasteiger partial charge is 0.337 e. The largest absolute Gasteiger partial charge is 0.465 e. The number of aromatic nitrogens is 1. The molecule has 0 bridgehead atoms. The maximum atomic E-state index is 13.3. The van der Waals surface area contributed by atoms with Gasteiger partial charge in [-0.15, -0.1) is 0 Å². The van der Waals surface area contributed by atoms with Crippen LogP contribution in [0.2, 0.25) is 0 Å². The lowest BCUT2D eigenvalue weighted by Gasteiger charge is -2.27. The van der Waals surface area contributed by atoms with Crippen LogP contribution in [0.1, 0.15) is 43.1 Å². The Balaban J connectivity index is 2.07. The summed E-state index contributed by atoms with van der Waals surface area (Å²) in [6, 6.07) is 15.0. The van der Waals surface area contributed by atoms with E-state index in [-0.39, 0.29) is 11.3 Å². The molecule has 0 saturated carbocycles. The minimum absolute atomic E-state index is 0.00228. The molecule has 3 aromatic rings. The number of nitrogens with zero attached hydrogens (tertiary/aromatic N) is 2. The quantitative estimate of drug-likeness (QED) is 0.447. The summed E-state index contributed by atoms with van der Waals surface area (Å²) in [5.41, 5.74) is 1.31. The van der Waals surface area contributed by atoms with E-state index in [1.54, 1.807) is 23.2 Å². The third-order valence-electron chi connectivity index (χ3n) is 4.66. The van der Waals surface area contributed by atoms with Crippen LogP contribution < -0.4 is 4.90 Å². The van der Waals surface area contributed by atoms with Crippen LogP contribution in [0.5, 0.6) is 0 Å². The molecule has 156 valence electrons. The van der Waals surface area contributed by atoms with Crippen LogP contribution in [0.15, 0.2) is 59.2 Å². The summed E-state index contributed by atoms with van der Waals surface area (Å²) in [6.45, 7) is 6.54. The van der Waals surface area contributed by atoms with Crippen molar-refractivity contribution >= 4 is 44.4 Å². The Morgan fingerprint density at radius 2 is 1.77 bits per heavy atom. The maximum Gasteiger partial charge on any atom is 0.337 e. The van der Waals surface area contributed by atoms with Crippen molar-refractivity contribution in [3.63, 3.8) is 0 Å². The summed E-state index contributed by atoms with van der Waals surface area (Å²) in [5.74, 6) is 0.189. The standard InChI is InChI=1S/C24H25BrN2O3/c1-24(2,3)14-21(28)27(15-16-5-8-19(25)9-6-16)22-20-10-7-18(23(29)30-4)13-17(20)11-12-26-22/h5-13H,14-15H2,1-4H3. The number of rotatable bonds is 5. The van der Waals surface area contributed by atoms with E-state index in [0.717, 1.165) is 20.8 Å². The molecule has 0 atom stereocenters. The molecule has 0 N–H and O–H groups in total. The van der Waals surface area contributed by atoms with Gasteiger partial charge in [-0.2, -0.15) is 0 Å². The molecule has 1 heterocycles. The molecule has 0 saturated heterocycles. The van der Waals surface area contributed by atoms with Gasteiger partial charge in [0.25, 0.3) is 0 Å². The van der Waals surface area contributed by atoms with Gasteiger partial charge in [-0.3, -0.25) is 9.69 Å². The fourth-order valence-corrected chi connectivity index (χ4v) is 3.49. The van der Waals surface area contributed by atoms with Crippen LogP contribution in [0.25, 0.3) is 10.8 Å². The fourth-order valence-electron chi connectivity index (χ4n) is 3.22. The van der Waals surface area contributed by atoms with E-state index in [2.05, 4.69) is 20.9 Å². The number of carbonyl (C=O) groups is 2. The highest BCUT2D eigenvalue weighted by Crippen LogP contribution is 2.30. The van der Waals surface area contributed by atoms with Crippen molar-refractivity contribution in [3.8, 4) is 0 Å². The van der Waals surface area contributed by atoms with Gasteiger partial charge < -0.3 is 4.74 Å². The minimum Gasteiger partial charge on any atom is -0.465 e. The molecule has 0 unspecified atom stereocenters. The lowest BCUT2D eigenvalue weighted by molar-refractivity contribution is -0.120. The number of halogens is 1. The molecule has 1 aromatic heterocycles. The highest BCUT2D eigenvalue weighted by molar-refractivity contribution is 9.10. The highest BCUT2D eigenvalue weighted by atomic mass is 79.9. The van der Waals surface area contributed by atoms with Crippen LogP contribution in [0.3, 0.4) is 0 Å². The van der Waals surface area contributed by atoms with E-state index >= 15 is 0 Å². The highest BCUT2D eigenvalue weighted by Gasteiger charge is 2.25. The summed E-state index contributed by atoms with van der Waals surface area (Å²) in [5, 5.41) is 1.64. The average Bonchev–Trinajstić information content (AvgIpc) is 2.70. The SMILES string of the molecule is COC(=O)c1ccc2c(N(Cc3ccc(Br)cc3)C(=O)CC(C)(C)C)nccc2c1. The molecule has 2 aromatic carbocycles. The van der Waals surface area contributed by atoms with Crippen molar-refractivity contribution in [3.05, 3.63) is 70.3 Å². The van der Waals surface area contributed by atoms with Crippen LogP contribution >= 0.6 is 15.9 Å². The lowest BCUT2D eigenvalue weighted by atomic mass is 9.91. The number of pyridine rings is 1. The van der Waals surface area contributed by atoms with Gasteiger partial charge in [-0.05, 0) is 52.8 Å². The number of amides is 1. The van der Waals surface area contributed by atoms with Gasteiger partial charge in [-0.25, -0.2) is 9.78 Å². The molecule has 0 aliphatic heterocycles. The number of hydrogen-bond acceptors (Lipinski definition) is 4. The van der Waals surface area contributed by atoms with Gasteiger partial charge in [0, 0.05) is 22.5 Å². The fraction of sp³-hybridized carbons (Fsp3) is 0.292. The second kappa shape index (κ2) is 8.96. The third-order valence-corrected chi connectivity index (χ3v) is 5.19. The minimum atomic E-state index is -0.397. The number of anilines is 1. The van der Waals surface area contributed by atoms with E-state index < -0.39 is 5.97 Å². The van der Waals surface area contributed by atoms with E-state index in [4.69, 9.17) is 4.74 Å². The first-order valence-corrected chi connectivity index (χ1v) is 10.5. The number of benzene rings is 2. The first-order chi connectivity index (χ1) is 14.2. The van der Waals surface area contributed by atoms with E-state index in [1.807, 2.05) is 57.2 Å². The molecule has 0 radical (unpaired) electrons. The molecule has 1 amide bonds. The number of methoxy groups -OCH3 is 1. The molecular weight excluding hydrogens is 444 g/mol. The number of carbonyl (C=O) groups excluding carboxylic acids is 2. The molecule has 0 spiro atoms. The Morgan fingerprint density at radius 3 is 2.40 bits per heavy atom. The van der Waals surface area contributed by atoms with E-state index in [1.165, 1.54) is 7.11 Å². The zero-order chi connectivity index (χ0) is 21.9. The van der Waals surface area contributed by atoms with Crippen LogP contribution in [0.4, 0.5) is 5.82 Å². The first-order valence-electron chi connectivity index (χ1n) is 9.70. The van der Waals surface area contributed by atoms with Gasteiger partial charge in [0.15, 0.2) is 0 Å².